The van der Waals surface area contributed by atoms with Crippen molar-refractivity contribution in [1.82, 2.24) is 38.5 Å². The number of imidazole rings is 1. The second kappa shape index (κ2) is 15.9. The Labute approximate surface area is 398 Å². The number of carbonyl (C=O) groups excluding carboxylic acids is 1. The Morgan fingerprint density at radius 2 is 1.70 bits per heavy atom. The number of hydrogen-bond acceptors (Lipinski definition) is 9. The number of aromatic nitrogens is 7. The largest absolute Gasteiger partial charge is 0.496 e. The van der Waals surface area contributed by atoms with Crippen LogP contribution in [0.2, 0.25) is 0 Å². The minimum Gasteiger partial charge on any atom is -0.496 e. The lowest BCUT2D eigenvalue weighted by Crippen LogP contribution is -2.41. The van der Waals surface area contributed by atoms with Gasteiger partial charge in [-0.2, -0.15) is 5.10 Å². The zero-order valence-electron chi connectivity index (χ0n) is 40.5. The van der Waals surface area contributed by atoms with Crippen molar-refractivity contribution >= 4 is 29.3 Å². The summed E-state index contributed by atoms with van der Waals surface area (Å²) in [6.45, 7) is 16.2. The van der Waals surface area contributed by atoms with Crippen molar-refractivity contribution in [3.63, 3.8) is 0 Å². The Bertz CT molecular complexity index is 3400. The van der Waals surface area contributed by atoms with Gasteiger partial charge in [0.25, 0.3) is 5.91 Å². The van der Waals surface area contributed by atoms with Crippen molar-refractivity contribution in [2.45, 2.75) is 116 Å². The average Bonchev–Trinajstić information content (AvgIpc) is 3.92. The number of rotatable bonds is 11. The molecule has 1 N–H and O–H groups in total. The molecule has 1 amide bonds. The number of fused-ring (bicyclic) bond motifs is 4. The fraction of sp³-hybridized carbons (Fsp3) is 0.442. The summed E-state index contributed by atoms with van der Waals surface area (Å²) in [4.78, 5) is 48.1. The number of ether oxygens (including phenoxy) is 2. The van der Waals surface area contributed by atoms with Gasteiger partial charge in [-0.3, -0.25) is 23.4 Å². The number of aromatic amines is 1. The van der Waals surface area contributed by atoms with Crippen LogP contribution in [-0.2, 0) is 14.8 Å². The van der Waals surface area contributed by atoms with Crippen molar-refractivity contribution in [1.29, 1.82) is 0 Å². The summed E-state index contributed by atoms with van der Waals surface area (Å²) in [6, 6.07) is 16.4. The molecule has 3 aromatic carbocycles. The highest BCUT2D eigenvalue weighted by atomic mass is 31.2. The van der Waals surface area contributed by atoms with E-state index in [2.05, 4.69) is 53.7 Å². The molecule has 360 valence electrons. The number of methoxy groups -OCH3 is 1. The molecule has 6 atom stereocenters. The first kappa shape index (κ1) is 45.2. The summed E-state index contributed by atoms with van der Waals surface area (Å²) in [5, 5.41) is 11.0. The molecule has 6 heterocycles. The second-order valence-electron chi connectivity index (χ2n) is 20.4. The van der Waals surface area contributed by atoms with Crippen LogP contribution in [-0.4, -0.2) is 82.1 Å². The van der Waals surface area contributed by atoms with E-state index in [9.17, 15) is 14.2 Å². The maximum Gasteiger partial charge on any atom is 0.438 e. The maximum absolute atomic E-state index is 15.8. The predicted octanol–water partition coefficient (Wildman–Crippen LogP) is 8.77. The van der Waals surface area contributed by atoms with Crippen molar-refractivity contribution in [2.75, 3.05) is 26.0 Å². The number of carbonyl (C=O) groups is 1. The third-order valence-electron chi connectivity index (χ3n) is 15.8. The molecule has 2 unspecified atom stereocenters. The number of amides is 1. The molecule has 1 saturated heterocycles. The van der Waals surface area contributed by atoms with E-state index in [1.165, 1.54) is 17.2 Å². The lowest BCUT2D eigenvalue weighted by Gasteiger charge is -2.35. The molecule has 0 bridgehead atoms. The molecular weight excluding hydrogens is 899 g/mol. The standard InChI is InChI=1S/C52H58FN8O7P/c1-10-69(65,11-2)42-15-13-35(24-41(42)66-9)57-17-18-58(50(57)64)46-43-31(6)59(39-25-37(39)45(43)55-61(46)36-20-28(3)44(53)29(4)21-36)47(62)40-23-34-22-32(33-16-19-67-51(7,8)27-33)12-14-38(34)60(40)52(26-30(52)5)48-54-49(63)68-56-48/h12-15,17-18,20-24,30-31,33,37,39H,10-11,16,19,25-27H2,1-9H3,(H,54,56,63)/t30-,31-,33-,37?,39?,52-/m0/s1. The molecular formula is C52H58FN8O7P. The van der Waals surface area contributed by atoms with Crippen LogP contribution in [0.5, 0.6) is 5.75 Å². The molecule has 17 heteroatoms. The van der Waals surface area contributed by atoms with Gasteiger partial charge in [-0.25, -0.2) is 18.7 Å². The van der Waals surface area contributed by atoms with E-state index < -0.39 is 30.2 Å². The molecule has 11 rings (SSSR count). The summed E-state index contributed by atoms with van der Waals surface area (Å²) in [5.74, 6) is 0.230. The van der Waals surface area contributed by atoms with Crippen molar-refractivity contribution in [3.8, 4) is 22.9 Å². The van der Waals surface area contributed by atoms with E-state index in [0.717, 1.165) is 29.4 Å². The first-order chi connectivity index (χ1) is 32.9. The van der Waals surface area contributed by atoms with E-state index in [1.807, 2.05) is 31.7 Å². The SMILES string of the molecule is CCP(=O)(CC)c1ccc(-n2ccn(-c3c4c(nn3-c3cc(C)c(F)c(C)c3)C3CC3N(C(=O)c3cc5cc([C@H]6CCOC(C)(C)C6)ccc5n3[C@@]3(c5noc(=O)[nH]5)C[C@@H]3C)[C@H]4C)c2=O)cc1OC. The van der Waals surface area contributed by atoms with E-state index in [4.69, 9.17) is 19.1 Å². The normalized spacial score (nSPS) is 23.8. The van der Waals surface area contributed by atoms with Gasteiger partial charge in [0, 0.05) is 65.8 Å². The molecule has 4 aliphatic rings. The Hall–Kier alpha value is -6.25. The van der Waals surface area contributed by atoms with Gasteiger partial charge in [-0.1, -0.05) is 32.0 Å². The number of H-pyrrole nitrogens is 1. The van der Waals surface area contributed by atoms with Crippen molar-refractivity contribution in [2.24, 2.45) is 5.92 Å². The number of aryl methyl sites for hydroxylation is 2. The molecule has 7 aromatic rings. The van der Waals surface area contributed by atoms with Crippen molar-refractivity contribution < 1.29 is 27.7 Å². The van der Waals surface area contributed by atoms with Crippen LogP contribution in [0.15, 0.2) is 81.1 Å². The highest BCUT2D eigenvalue weighted by Crippen LogP contribution is 2.58. The summed E-state index contributed by atoms with van der Waals surface area (Å²) < 4.78 is 52.9. The van der Waals surface area contributed by atoms with Gasteiger partial charge in [0.2, 0.25) is 0 Å². The van der Waals surface area contributed by atoms with Crippen LogP contribution in [0, 0.1) is 25.6 Å². The first-order valence-electron chi connectivity index (χ1n) is 24.1. The molecule has 0 radical (unpaired) electrons. The smallest absolute Gasteiger partial charge is 0.438 e. The quantitative estimate of drug-likeness (QED) is 0.125. The molecule has 0 spiro atoms. The Balaban J connectivity index is 1.06. The van der Waals surface area contributed by atoms with E-state index >= 15 is 9.18 Å². The van der Waals surface area contributed by atoms with Gasteiger partial charge < -0.3 is 23.5 Å². The van der Waals surface area contributed by atoms with Crippen LogP contribution < -0.4 is 21.5 Å². The lowest BCUT2D eigenvalue weighted by atomic mass is 9.83. The minimum absolute atomic E-state index is 0.0118. The molecule has 15 nitrogen and oxygen atoms in total. The van der Waals surface area contributed by atoms with Gasteiger partial charge in [-0.15, -0.1) is 0 Å². The van der Waals surface area contributed by atoms with Gasteiger partial charge >= 0.3 is 11.4 Å². The number of hydrogen-bond donors (Lipinski definition) is 1. The number of benzene rings is 3. The Morgan fingerprint density at radius 3 is 2.35 bits per heavy atom. The first-order valence-corrected chi connectivity index (χ1v) is 26.2. The Kier molecular flexibility index (Phi) is 10.4. The molecule has 2 aliphatic heterocycles. The fourth-order valence-electron chi connectivity index (χ4n) is 11.9. The average molecular weight is 957 g/mol. The maximum atomic E-state index is 15.8. The van der Waals surface area contributed by atoms with E-state index in [-0.39, 0.29) is 41.1 Å². The van der Waals surface area contributed by atoms with Crippen LogP contribution in [0.25, 0.3) is 28.1 Å². The molecule has 4 aromatic heterocycles. The summed E-state index contributed by atoms with van der Waals surface area (Å²) in [5.41, 5.74) is 4.43. The van der Waals surface area contributed by atoms with E-state index in [0.29, 0.717) is 88.2 Å². The predicted molar refractivity (Wildman–Crippen MR) is 260 cm³/mol. The van der Waals surface area contributed by atoms with Crippen LogP contribution in [0.3, 0.4) is 0 Å². The third-order valence-corrected chi connectivity index (χ3v) is 19.1. The topological polar surface area (TPSA) is 164 Å². The summed E-state index contributed by atoms with van der Waals surface area (Å²) in [7, 11) is -1.18. The molecule has 3 fully saturated rings. The van der Waals surface area contributed by atoms with Gasteiger partial charge in [0.15, 0.2) is 5.82 Å². The summed E-state index contributed by atoms with van der Waals surface area (Å²) in [6.07, 6.45) is 7.36. The van der Waals surface area contributed by atoms with E-state index in [1.54, 1.807) is 65.8 Å². The third kappa shape index (κ3) is 6.90. The molecule has 2 saturated carbocycles. The summed E-state index contributed by atoms with van der Waals surface area (Å²) >= 11 is 0. The number of nitrogens with one attached hydrogen (secondary N) is 1. The van der Waals surface area contributed by atoms with Crippen LogP contribution >= 0.6 is 7.14 Å². The monoisotopic (exact) mass is 956 g/mol. The van der Waals surface area contributed by atoms with Crippen LogP contribution in [0.4, 0.5) is 4.39 Å². The van der Waals surface area contributed by atoms with Crippen molar-refractivity contribution in [3.05, 3.63) is 133 Å². The zero-order chi connectivity index (χ0) is 48.6. The second-order valence-corrected chi connectivity index (χ2v) is 23.9. The van der Waals surface area contributed by atoms with Gasteiger partial charge in [-0.05, 0) is 131 Å². The number of halogens is 1. The van der Waals surface area contributed by atoms with Crippen LogP contribution in [0.1, 0.15) is 129 Å². The zero-order valence-corrected chi connectivity index (χ0v) is 41.4. The highest BCUT2D eigenvalue weighted by Gasteiger charge is 2.60. The van der Waals surface area contributed by atoms with Gasteiger partial charge in [0.1, 0.15) is 35.8 Å². The molecule has 69 heavy (non-hydrogen) atoms. The molecule has 2 aliphatic carbocycles. The lowest BCUT2D eigenvalue weighted by molar-refractivity contribution is -0.0592. The fourth-order valence-corrected chi connectivity index (χ4v) is 13.9. The highest BCUT2D eigenvalue weighted by molar-refractivity contribution is 7.71. The van der Waals surface area contributed by atoms with Gasteiger partial charge in [0.05, 0.1) is 41.1 Å². The Morgan fingerprint density at radius 1 is 0.971 bits per heavy atom. The minimum atomic E-state index is -2.72. The number of nitrogens with zero attached hydrogens (tertiary/aromatic N) is 7.